The first-order valence-corrected chi connectivity index (χ1v) is 10.1. The summed E-state index contributed by atoms with van der Waals surface area (Å²) < 4.78 is 2.88. The van der Waals surface area contributed by atoms with E-state index in [4.69, 9.17) is 0 Å². The van der Waals surface area contributed by atoms with Crippen LogP contribution in [0.4, 0.5) is 5.69 Å². The molecule has 2 N–H and O–H groups in total. The van der Waals surface area contributed by atoms with Gasteiger partial charge in [-0.3, -0.25) is 14.3 Å². The normalized spacial score (nSPS) is 25.2. The lowest BCUT2D eigenvalue weighted by molar-refractivity contribution is -0.146. The van der Waals surface area contributed by atoms with E-state index >= 15 is 0 Å². The number of aryl methyl sites for hydroxylation is 1. The van der Waals surface area contributed by atoms with Crippen molar-refractivity contribution in [2.24, 2.45) is 23.7 Å². The Morgan fingerprint density at radius 3 is 2.46 bits per heavy atom. The highest BCUT2D eigenvalue weighted by atomic mass is 79.9. The molecule has 0 saturated heterocycles. The van der Waals surface area contributed by atoms with Gasteiger partial charge in [-0.15, -0.1) is 0 Å². The number of carboxylic acids is 1. The van der Waals surface area contributed by atoms with Crippen molar-refractivity contribution >= 4 is 33.5 Å². The number of amides is 1. The minimum Gasteiger partial charge on any atom is -0.481 e. The lowest BCUT2D eigenvalue weighted by Crippen LogP contribution is -2.36. The van der Waals surface area contributed by atoms with Crippen LogP contribution in [0, 0.1) is 37.5 Å². The number of rotatable bonds is 5. The molecule has 1 aromatic carbocycles. The number of nitrogens with zero attached hydrogens (tertiary/aromatic N) is 2. The van der Waals surface area contributed by atoms with Crippen LogP contribution < -0.4 is 5.32 Å². The molecule has 4 rings (SSSR count). The van der Waals surface area contributed by atoms with E-state index in [1.165, 1.54) is 0 Å². The molecule has 146 valence electrons. The average Bonchev–Trinajstić information content (AvgIpc) is 3.33. The van der Waals surface area contributed by atoms with Crippen molar-refractivity contribution in [2.75, 3.05) is 5.32 Å². The summed E-state index contributed by atoms with van der Waals surface area (Å²) in [5, 5.41) is 17.1. The number of hydrogen-bond donors (Lipinski definition) is 2. The van der Waals surface area contributed by atoms with Gasteiger partial charge in [0.1, 0.15) is 0 Å². The number of aliphatic carboxylic acids is 1. The maximum atomic E-state index is 13.0. The highest BCUT2D eigenvalue weighted by molar-refractivity contribution is 9.10. The van der Waals surface area contributed by atoms with Gasteiger partial charge < -0.3 is 10.4 Å². The zero-order valence-electron chi connectivity index (χ0n) is 15.7. The third-order valence-corrected chi connectivity index (χ3v) is 6.45. The molecule has 1 fully saturated rings. The monoisotopic (exact) mass is 443 g/mol. The molecular weight excluding hydrogens is 422 g/mol. The molecular formula is C21H22BrN3O3. The highest BCUT2D eigenvalue weighted by Crippen LogP contribution is 2.48. The number of nitrogens with one attached hydrogen (secondary N) is 1. The molecule has 0 unspecified atom stereocenters. The lowest BCUT2D eigenvalue weighted by atomic mass is 9.82. The minimum atomic E-state index is -0.892. The van der Waals surface area contributed by atoms with Gasteiger partial charge in [-0.25, -0.2) is 0 Å². The molecule has 2 bridgehead atoms. The van der Waals surface area contributed by atoms with Crippen molar-refractivity contribution in [3.63, 3.8) is 0 Å². The van der Waals surface area contributed by atoms with E-state index < -0.39 is 17.8 Å². The van der Waals surface area contributed by atoms with E-state index in [1.54, 1.807) is 0 Å². The Morgan fingerprint density at radius 2 is 1.82 bits per heavy atom. The van der Waals surface area contributed by atoms with Gasteiger partial charge >= 0.3 is 5.97 Å². The summed E-state index contributed by atoms with van der Waals surface area (Å²) in [5.74, 6) is -2.32. The minimum absolute atomic E-state index is 0.00419. The Labute approximate surface area is 171 Å². The molecule has 7 heteroatoms. The summed E-state index contributed by atoms with van der Waals surface area (Å²) in [6.07, 6.45) is 4.68. The molecule has 0 aliphatic heterocycles. The van der Waals surface area contributed by atoms with Gasteiger partial charge in [0.25, 0.3) is 0 Å². The fourth-order valence-electron chi connectivity index (χ4n) is 4.52. The summed E-state index contributed by atoms with van der Waals surface area (Å²) >= 11 is 3.43. The summed E-state index contributed by atoms with van der Waals surface area (Å²) in [5.41, 5.74) is 3.38. The number of anilines is 1. The van der Waals surface area contributed by atoms with Crippen LogP contribution in [0.25, 0.3) is 0 Å². The van der Waals surface area contributed by atoms with Crippen LogP contribution in [-0.2, 0) is 16.1 Å². The highest BCUT2D eigenvalue weighted by Gasteiger charge is 2.51. The van der Waals surface area contributed by atoms with Gasteiger partial charge in [0.05, 0.1) is 35.5 Å². The fraction of sp³-hybridized carbons (Fsp3) is 0.381. The first kappa shape index (κ1) is 18.9. The number of carbonyl (C=O) groups is 2. The molecule has 1 heterocycles. The van der Waals surface area contributed by atoms with Crippen molar-refractivity contribution in [3.8, 4) is 0 Å². The van der Waals surface area contributed by atoms with Gasteiger partial charge in [-0.2, -0.15) is 5.10 Å². The van der Waals surface area contributed by atoms with Crippen LogP contribution in [0.3, 0.4) is 0 Å². The van der Waals surface area contributed by atoms with Crippen LogP contribution in [0.2, 0.25) is 0 Å². The molecule has 1 amide bonds. The second-order valence-corrected chi connectivity index (χ2v) is 8.57. The van der Waals surface area contributed by atoms with Gasteiger partial charge in [-0.1, -0.05) is 40.2 Å². The number of hydrogen-bond acceptors (Lipinski definition) is 3. The van der Waals surface area contributed by atoms with E-state index in [0.717, 1.165) is 27.8 Å². The maximum absolute atomic E-state index is 13.0. The SMILES string of the molecule is Cc1nn(Cc2ccc(Br)cc2)c(C)c1NC(=O)[C@@H]1[C@H](C(=O)O)[C@H]2C=C[C@H]1C2. The van der Waals surface area contributed by atoms with Crippen LogP contribution in [0.1, 0.15) is 23.4 Å². The zero-order valence-corrected chi connectivity index (χ0v) is 17.3. The summed E-state index contributed by atoms with van der Waals surface area (Å²) in [6, 6.07) is 8.02. The average molecular weight is 444 g/mol. The third-order valence-electron chi connectivity index (χ3n) is 5.92. The number of aromatic nitrogens is 2. The molecule has 6 nitrogen and oxygen atoms in total. The summed E-state index contributed by atoms with van der Waals surface area (Å²) in [6.45, 7) is 4.38. The van der Waals surface area contributed by atoms with Crippen LogP contribution in [0.15, 0.2) is 40.9 Å². The summed E-state index contributed by atoms with van der Waals surface area (Å²) in [7, 11) is 0. The van der Waals surface area contributed by atoms with Crippen molar-refractivity contribution in [1.29, 1.82) is 0 Å². The molecule has 1 aromatic heterocycles. The Balaban J connectivity index is 1.54. The van der Waals surface area contributed by atoms with Crippen molar-refractivity contribution in [3.05, 3.63) is 57.8 Å². The van der Waals surface area contributed by atoms with Gasteiger partial charge in [0.15, 0.2) is 0 Å². The van der Waals surface area contributed by atoms with Crippen molar-refractivity contribution in [1.82, 2.24) is 9.78 Å². The topological polar surface area (TPSA) is 84.2 Å². The van der Waals surface area contributed by atoms with Gasteiger partial charge in [-0.05, 0) is 49.8 Å². The van der Waals surface area contributed by atoms with Gasteiger partial charge in [0.2, 0.25) is 5.91 Å². The Kier molecular flexibility index (Phi) is 4.87. The van der Waals surface area contributed by atoms with Crippen molar-refractivity contribution < 1.29 is 14.7 Å². The standard InChI is InChI=1S/C21H22BrN3O3/c1-11-19(12(2)25(24-11)10-13-3-7-16(22)8-4-13)23-20(26)17-14-5-6-15(9-14)18(17)21(27)28/h3-8,14-15,17-18H,9-10H2,1-2H3,(H,23,26)(H,27,28)/t14-,15-,17-,18+/m0/s1. The van der Waals surface area contributed by atoms with E-state index in [9.17, 15) is 14.7 Å². The lowest BCUT2D eigenvalue weighted by Gasteiger charge is -2.23. The van der Waals surface area contributed by atoms with Crippen LogP contribution in [0.5, 0.6) is 0 Å². The van der Waals surface area contributed by atoms with E-state index in [1.807, 2.05) is 54.9 Å². The Hall–Kier alpha value is -2.41. The number of allylic oxidation sites excluding steroid dienone is 2. The Bertz CT molecular complexity index is 964. The first-order valence-electron chi connectivity index (χ1n) is 9.35. The molecule has 0 radical (unpaired) electrons. The molecule has 0 spiro atoms. The summed E-state index contributed by atoms with van der Waals surface area (Å²) in [4.78, 5) is 24.7. The number of carbonyl (C=O) groups excluding carboxylic acids is 1. The predicted octanol–water partition coefficient (Wildman–Crippen LogP) is 3.77. The second-order valence-electron chi connectivity index (χ2n) is 7.66. The maximum Gasteiger partial charge on any atom is 0.307 e. The number of fused-ring (bicyclic) bond motifs is 2. The van der Waals surface area contributed by atoms with Crippen molar-refractivity contribution in [2.45, 2.75) is 26.8 Å². The smallest absolute Gasteiger partial charge is 0.307 e. The third kappa shape index (κ3) is 3.28. The second kappa shape index (κ2) is 7.20. The van der Waals surface area contributed by atoms with E-state index in [2.05, 4.69) is 26.3 Å². The Morgan fingerprint density at radius 1 is 1.18 bits per heavy atom. The first-order chi connectivity index (χ1) is 13.3. The zero-order chi connectivity index (χ0) is 20.0. The molecule has 1 saturated carbocycles. The van der Waals surface area contributed by atoms with Gasteiger partial charge in [0, 0.05) is 4.47 Å². The van der Waals surface area contributed by atoms with E-state index in [0.29, 0.717) is 12.2 Å². The number of benzene rings is 1. The van der Waals surface area contributed by atoms with Crippen LogP contribution >= 0.6 is 15.9 Å². The van der Waals surface area contributed by atoms with E-state index in [-0.39, 0.29) is 17.7 Å². The quantitative estimate of drug-likeness (QED) is 0.688. The fourth-order valence-corrected chi connectivity index (χ4v) is 4.78. The predicted molar refractivity (Wildman–Crippen MR) is 109 cm³/mol. The largest absolute Gasteiger partial charge is 0.481 e. The molecule has 2 aliphatic carbocycles. The number of halogens is 1. The number of carboxylic acid groups (broad SMARTS) is 1. The molecule has 2 aliphatic rings. The van der Waals surface area contributed by atoms with Crippen LogP contribution in [-0.4, -0.2) is 26.8 Å². The molecule has 28 heavy (non-hydrogen) atoms. The molecule has 2 aromatic rings. The molecule has 4 atom stereocenters.